The first-order chi connectivity index (χ1) is 6.59. The van der Waals surface area contributed by atoms with Crippen molar-refractivity contribution in [2.75, 3.05) is 0 Å². The van der Waals surface area contributed by atoms with Crippen molar-refractivity contribution in [3.8, 4) is 0 Å². The molecule has 0 spiro atoms. The summed E-state index contributed by atoms with van der Waals surface area (Å²) >= 11 is 0. The van der Waals surface area contributed by atoms with Gasteiger partial charge in [-0.3, -0.25) is 0 Å². The second-order valence-corrected chi connectivity index (χ2v) is 5.77. The summed E-state index contributed by atoms with van der Waals surface area (Å²) in [6.45, 7) is 9.35. The Morgan fingerprint density at radius 3 is 2.50 bits per heavy atom. The molecule has 1 saturated carbocycles. The molecule has 1 aliphatic heterocycles. The quantitative estimate of drug-likeness (QED) is 0.624. The zero-order chi connectivity index (χ0) is 10.3. The third-order valence-corrected chi connectivity index (χ3v) is 4.38. The fourth-order valence-electron chi connectivity index (χ4n) is 3.46. The largest absolute Gasteiger partial charge is 0.375 e. The van der Waals surface area contributed by atoms with Crippen LogP contribution in [-0.4, -0.2) is 12.2 Å². The Balaban J connectivity index is 2.11. The van der Waals surface area contributed by atoms with Gasteiger partial charge in [-0.1, -0.05) is 20.8 Å². The molecule has 0 bridgehead atoms. The molecule has 82 valence electrons. The van der Waals surface area contributed by atoms with Crippen molar-refractivity contribution in [1.29, 1.82) is 0 Å². The van der Waals surface area contributed by atoms with Crippen LogP contribution < -0.4 is 0 Å². The molecule has 2 aliphatic rings. The van der Waals surface area contributed by atoms with Gasteiger partial charge in [0.1, 0.15) is 0 Å². The van der Waals surface area contributed by atoms with E-state index in [-0.39, 0.29) is 0 Å². The van der Waals surface area contributed by atoms with E-state index in [1.807, 2.05) is 0 Å². The summed E-state index contributed by atoms with van der Waals surface area (Å²) in [5.74, 6) is 3.35. The maximum absolute atomic E-state index is 6.11. The summed E-state index contributed by atoms with van der Waals surface area (Å²) in [6, 6.07) is 0. The Morgan fingerprint density at radius 2 is 1.86 bits per heavy atom. The summed E-state index contributed by atoms with van der Waals surface area (Å²) in [4.78, 5) is 0. The lowest BCUT2D eigenvalue weighted by Crippen LogP contribution is -2.37. The van der Waals surface area contributed by atoms with Gasteiger partial charge in [-0.05, 0) is 49.9 Å². The van der Waals surface area contributed by atoms with Crippen molar-refractivity contribution in [3.63, 3.8) is 0 Å². The number of hydrogen-bond donors (Lipinski definition) is 0. The van der Waals surface area contributed by atoms with Gasteiger partial charge in [0.15, 0.2) is 0 Å². The number of ether oxygens (including phenoxy) is 1. The highest BCUT2D eigenvalue weighted by molar-refractivity contribution is 4.93. The highest BCUT2D eigenvalue weighted by Gasteiger charge is 2.44. The van der Waals surface area contributed by atoms with Crippen molar-refractivity contribution in [2.24, 2.45) is 23.7 Å². The van der Waals surface area contributed by atoms with E-state index in [4.69, 9.17) is 4.74 Å². The van der Waals surface area contributed by atoms with Gasteiger partial charge in [0, 0.05) is 0 Å². The predicted octanol–water partition coefficient (Wildman–Crippen LogP) is 3.48. The molecule has 0 aromatic carbocycles. The third-order valence-electron chi connectivity index (χ3n) is 4.38. The first-order valence-electron chi connectivity index (χ1n) is 6.25. The Morgan fingerprint density at radius 1 is 1.14 bits per heavy atom. The molecule has 1 heterocycles. The minimum Gasteiger partial charge on any atom is -0.375 e. The van der Waals surface area contributed by atoms with Gasteiger partial charge in [-0.15, -0.1) is 0 Å². The predicted molar refractivity (Wildman–Crippen MR) is 59.2 cm³/mol. The molecule has 0 N–H and O–H groups in total. The van der Waals surface area contributed by atoms with Crippen LogP contribution in [0.5, 0.6) is 0 Å². The van der Waals surface area contributed by atoms with Gasteiger partial charge in [0.25, 0.3) is 0 Å². The lowest BCUT2D eigenvalue weighted by Gasteiger charge is -2.39. The molecule has 1 saturated heterocycles. The molecule has 14 heavy (non-hydrogen) atoms. The maximum atomic E-state index is 6.11. The summed E-state index contributed by atoms with van der Waals surface area (Å²) in [5, 5.41) is 0. The molecule has 0 radical (unpaired) electrons. The van der Waals surface area contributed by atoms with Gasteiger partial charge >= 0.3 is 0 Å². The SMILES string of the molecule is CC1CC2C(C)CCC(C(C)C)C2O1. The molecule has 1 heteroatoms. The molecule has 5 atom stereocenters. The highest BCUT2D eigenvalue weighted by atomic mass is 16.5. The Hall–Kier alpha value is -0.0400. The summed E-state index contributed by atoms with van der Waals surface area (Å²) in [6.07, 6.45) is 5.18. The van der Waals surface area contributed by atoms with Crippen LogP contribution >= 0.6 is 0 Å². The van der Waals surface area contributed by atoms with Gasteiger partial charge in [0.05, 0.1) is 12.2 Å². The zero-order valence-electron chi connectivity index (χ0n) is 9.99. The average Bonchev–Trinajstić information content (AvgIpc) is 2.47. The minimum absolute atomic E-state index is 0.506. The van der Waals surface area contributed by atoms with Crippen molar-refractivity contribution in [3.05, 3.63) is 0 Å². The average molecular weight is 196 g/mol. The van der Waals surface area contributed by atoms with Crippen LogP contribution in [-0.2, 0) is 4.74 Å². The lowest BCUT2D eigenvalue weighted by atomic mass is 9.69. The summed E-state index contributed by atoms with van der Waals surface area (Å²) in [5.41, 5.74) is 0. The molecule has 0 aromatic heterocycles. The standard InChI is InChI=1S/C13H24O/c1-8(2)11-6-5-9(3)12-7-10(4)14-13(11)12/h8-13H,5-7H2,1-4H3. The minimum atomic E-state index is 0.506. The molecule has 1 aliphatic carbocycles. The van der Waals surface area contributed by atoms with Crippen LogP contribution in [0.15, 0.2) is 0 Å². The first kappa shape index (κ1) is 10.5. The number of hydrogen-bond acceptors (Lipinski definition) is 1. The van der Waals surface area contributed by atoms with E-state index in [0.717, 1.165) is 23.7 Å². The van der Waals surface area contributed by atoms with Crippen LogP contribution in [0.1, 0.15) is 47.0 Å². The Bertz CT molecular complexity index is 197. The Kier molecular flexibility index (Phi) is 2.88. The van der Waals surface area contributed by atoms with E-state index in [1.165, 1.54) is 19.3 Å². The van der Waals surface area contributed by atoms with Crippen molar-refractivity contribution in [1.82, 2.24) is 0 Å². The second-order valence-electron chi connectivity index (χ2n) is 5.77. The molecule has 0 amide bonds. The van der Waals surface area contributed by atoms with Gasteiger partial charge in [-0.25, -0.2) is 0 Å². The normalized spacial score (nSPS) is 48.2. The van der Waals surface area contributed by atoms with Crippen LogP contribution in [0.25, 0.3) is 0 Å². The highest BCUT2D eigenvalue weighted by Crippen LogP contribution is 2.45. The first-order valence-corrected chi connectivity index (χ1v) is 6.25. The van der Waals surface area contributed by atoms with E-state index in [0.29, 0.717) is 12.2 Å². The van der Waals surface area contributed by atoms with Gasteiger partial charge in [0.2, 0.25) is 0 Å². The Labute approximate surface area is 88.2 Å². The maximum Gasteiger partial charge on any atom is 0.0640 e. The fourth-order valence-corrected chi connectivity index (χ4v) is 3.46. The molecule has 2 rings (SSSR count). The van der Waals surface area contributed by atoms with Crippen LogP contribution in [0.4, 0.5) is 0 Å². The summed E-state index contributed by atoms with van der Waals surface area (Å²) in [7, 11) is 0. The second kappa shape index (κ2) is 3.84. The van der Waals surface area contributed by atoms with Crippen LogP contribution in [0.2, 0.25) is 0 Å². The fraction of sp³-hybridized carbons (Fsp3) is 1.00. The van der Waals surface area contributed by atoms with E-state index >= 15 is 0 Å². The molecule has 1 nitrogen and oxygen atoms in total. The van der Waals surface area contributed by atoms with E-state index in [2.05, 4.69) is 27.7 Å². The lowest BCUT2D eigenvalue weighted by molar-refractivity contribution is -0.0388. The van der Waals surface area contributed by atoms with Crippen molar-refractivity contribution in [2.45, 2.75) is 59.2 Å². The number of rotatable bonds is 1. The van der Waals surface area contributed by atoms with Crippen LogP contribution in [0, 0.1) is 23.7 Å². The molecule has 0 aromatic rings. The number of fused-ring (bicyclic) bond motifs is 1. The van der Waals surface area contributed by atoms with Crippen molar-refractivity contribution < 1.29 is 4.74 Å². The smallest absolute Gasteiger partial charge is 0.0640 e. The zero-order valence-corrected chi connectivity index (χ0v) is 9.99. The van der Waals surface area contributed by atoms with Crippen molar-refractivity contribution >= 4 is 0 Å². The van der Waals surface area contributed by atoms with Crippen LogP contribution in [0.3, 0.4) is 0 Å². The monoisotopic (exact) mass is 196 g/mol. The topological polar surface area (TPSA) is 9.23 Å². The van der Waals surface area contributed by atoms with E-state index < -0.39 is 0 Å². The molecular formula is C13H24O. The van der Waals surface area contributed by atoms with Gasteiger partial charge < -0.3 is 4.74 Å². The van der Waals surface area contributed by atoms with E-state index in [9.17, 15) is 0 Å². The third kappa shape index (κ3) is 1.71. The van der Waals surface area contributed by atoms with Gasteiger partial charge in [-0.2, -0.15) is 0 Å². The molecule has 5 unspecified atom stereocenters. The summed E-state index contributed by atoms with van der Waals surface area (Å²) < 4.78 is 6.11. The van der Waals surface area contributed by atoms with E-state index in [1.54, 1.807) is 0 Å². The molecular weight excluding hydrogens is 172 g/mol. The molecule has 2 fully saturated rings.